The van der Waals surface area contributed by atoms with E-state index in [1.165, 1.54) is 0 Å². The first-order chi connectivity index (χ1) is 16.6. The summed E-state index contributed by atoms with van der Waals surface area (Å²) in [7, 11) is 0. The normalized spacial score (nSPS) is 19.7. The molecule has 2 amide bonds. The Bertz CT molecular complexity index is 1310. The first-order valence-electron chi connectivity index (χ1n) is 11.7. The van der Waals surface area contributed by atoms with Crippen LogP contribution >= 0.6 is 0 Å². The van der Waals surface area contributed by atoms with Crippen molar-refractivity contribution in [3.63, 3.8) is 0 Å². The second kappa shape index (κ2) is 9.12. The number of amides is 2. The van der Waals surface area contributed by atoms with Gasteiger partial charge in [-0.15, -0.1) is 0 Å². The summed E-state index contributed by atoms with van der Waals surface area (Å²) in [6.07, 6.45) is 5.89. The van der Waals surface area contributed by atoms with Gasteiger partial charge in [-0.2, -0.15) is 0 Å². The zero-order chi connectivity index (χ0) is 23.5. The van der Waals surface area contributed by atoms with E-state index in [-0.39, 0.29) is 10.4 Å². The van der Waals surface area contributed by atoms with E-state index in [2.05, 4.69) is 12.1 Å². The van der Waals surface area contributed by atoms with Gasteiger partial charge in [0, 0.05) is 31.3 Å². The minimum absolute atomic E-state index is 0.0764. The average molecular weight is 451 g/mol. The predicted octanol–water partition coefficient (Wildman–Crippen LogP) is 4.86. The van der Waals surface area contributed by atoms with Crippen LogP contribution in [0, 0.1) is 0 Å². The summed E-state index contributed by atoms with van der Waals surface area (Å²) in [4.78, 5) is 27.3. The van der Waals surface area contributed by atoms with E-state index in [0.717, 1.165) is 28.9 Å². The Hall–Kier alpha value is -3.96. The van der Waals surface area contributed by atoms with Crippen molar-refractivity contribution in [1.82, 2.24) is 9.05 Å². The molecule has 0 bridgehead atoms. The third-order valence-corrected chi connectivity index (χ3v) is 6.89. The Labute approximate surface area is 199 Å². The van der Waals surface area contributed by atoms with Gasteiger partial charge in [-0.25, -0.2) is 9.28 Å². The zero-order valence-corrected chi connectivity index (χ0v) is 19.0. The third kappa shape index (κ3) is 3.74. The minimum atomic E-state index is -0.617. The van der Waals surface area contributed by atoms with Gasteiger partial charge in [-0.3, -0.25) is 4.79 Å². The van der Waals surface area contributed by atoms with Crippen molar-refractivity contribution < 1.29 is 9.59 Å². The smallest absolute Gasteiger partial charge is 0.351 e. The van der Waals surface area contributed by atoms with Crippen LogP contribution in [0.3, 0.4) is 0 Å². The number of para-hydroxylation sites is 2. The number of hydrogen-bond acceptors (Lipinski definition) is 2. The summed E-state index contributed by atoms with van der Waals surface area (Å²) < 4.78 is 1.91. The van der Waals surface area contributed by atoms with E-state index >= 15 is 0 Å². The van der Waals surface area contributed by atoms with Crippen molar-refractivity contribution in [3.05, 3.63) is 120 Å². The van der Waals surface area contributed by atoms with E-state index in [0.29, 0.717) is 24.9 Å². The third-order valence-electron chi connectivity index (χ3n) is 6.89. The lowest BCUT2D eigenvalue weighted by Gasteiger charge is -2.37. The molecule has 0 spiro atoms. The number of carbonyl (C=O) groups excluding carboxylic acids is 2. The van der Waals surface area contributed by atoms with Crippen molar-refractivity contribution in [2.75, 3.05) is 6.54 Å². The van der Waals surface area contributed by atoms with Crippen LogP contribution in [0.15, 0.2) is 103 Å². The largest absolute Gasteiger partial charge is 0.364 e. The van der Waals surface area contributed by atoms with Crippen molar-refractivity contribution >= 4 is 17.5 Å². The number of benzene rings is 3. The predicted molar refractivity (Wildman–Crippen MR) is 135 cm³/mol. The fraction of sp³-hybridized carbons (Fsp3) is 0.172. The summed E-state index contributed by atoms with van der Waals surface area (Å²) in [5.41, 5.74) is 10.4. The molecule has 4 aromatic rings. The molecule has 1 fully saturated rings. The second-order valence-electron chi connectivity index (χ2n) is 8.86. The van der Waals surface area contributed by atoms with Crippen LogP contribution in [0.2, 0.25) is 0 Å². The Balaban J connectivity index is 1.68. The Morgan fingerprint density at radius 1 is 0.853 bits per heavy atom. The standard InChI is InChI=1S/C29H27N3O2/c30-28(33)27-17-10-20-32(27,26-16-7-6-15-25(26)31-18-8-9-19-31)29(34)24-14-5-4-13-23(24)21-22-11-2-1-3-12-22/h1-9,11-16,18-19,27H,10,17,20-21H2,(H-,30,33)/p+1/t27-,32?/m0/s1. The van der Waals surface area contributed by atoms with Crippen LogP contribution in [-0.2, 0) is 11.2 Å². The van der Waals surface area contributed by atoms with Crippen LogP contribution in [0.4, 0.5) is 5.69 Å². The van der Waals surface area contributed by atoms with Crippen LogP contribution < -0.4 is 10.2 Å². The maximum Gasteiger partial charge on any atom is 0.351 e. The molecule has 2 N–H and O–H groups in total. The fourth-order valence-electron chi connectivity index (χ4n) is 5.34. The van der Waals surface area contributed by atoms with Crippen molar-refractivity contribution in [3.8, 4) is 5.69 Å². The maximum absolute atomic E-state index is 14.6. The molecule has 1 saturated heterocycles. The highest BCUT2D eigenvalue weighted by Crippen LogP contribution is 2.41. The van der Waals surface area contributed by atoms with Gasteiger partial charge >= 0.3 is 5.91 Å². The highest BCUT2D eigenvalue weighted by Gasteiger charge is 2.54. The monoisotopic (exact) mass is 450 g/mol. The van der Waals surface area contributed by atoms with Gasteiger partial charge in [0.25, 0.3) is 5.91 Å². The number of nitrogens with zero attached hydrogens (tertiary/aromatic N) is 2. The lowest BCUT2D eigenvalue weighted by molar-refractivity contribution is -0.121. The highest BCUT2D eigenvalue weighted by atomic mass is 16.2. The molecule has 3 aromatic carbocycles. The van der Waals surface area contributed by atoms with Gasteiger partial charge in [0.15, 0.2) is 11.7 Å². The maximum atomic E-state index is 14.6. The Morgan fingerprint density at radius 2 is 1.53 bits per heavy atom. The van der Waals surface area contributed by atoms with E-state index in [9.17, 15) is 9.59 Å². The van der Waals surface area contributed by atoms with Crippen LogP contribution in [-0.4, -0.2) is 29.0 Å². The van der Waals surface area contributed by atoms with Crippen molar-refractivity contribution in [2.45, 2.75) is 25.3 Å². The number of primary amides is 1. The lowest BCUT2D eigenvalue weighted by atomic mass is 9.97. The van der Waals surface area contributed by atoms with E-state index in [1.54, 1.807) is 0 Å². The van der Waals surface area contributed by atoms with E-state index < -0.39 is 11.9 Å². The number of rotatable bonds is 6. The first kappa shape index (κ1) is 21.9. The molecular weight excluding hydrogens is 422 g/mol. The summed E-state index contributed by atoms with van der Waals surface area (Å²) >= 11 is 0. The van der Waals surface area contributed by atoms with Crippen molar-refractivity contribution in [2.24, 2.45) is 5.73 Å². The molecule has 0 aliphatic carbocycles. The van der Waals surface area contributed by atoms with Gasteiger partial charge in [0.2, 0.25) is 0 Å². The molecular formula is C29H28N3O2+. The Kier molecular flexibility index (Phi) is 5.86. The van der Waals surface area contributed by atoms with Crippen LogP contribution in [0.1, 0.15) is 34.3 Å². The first-order valence-corrected chi connectivity index (χ1v) is 11.7. The van der Waals surface area contributed by atoms with E-state index in [4.69, 9.17) is 5.73 Å². The molecule has 0 saturated carbocycles. The van der Waals surface area contributed by atoms with E-state index in [1.807, 2.05) is 95.8 Å². The fourth-order valence-corrected chi connectivity index (χ4v) is 5.34. The van der Waals surface area contributed by atoms with Gasteiger partial charge in [-0.05, 0) is 41.8 Å². The summed E-state index contributed by atoms with van der Waals surface area (Å²) in [6, 6.07) is 29.0. The molecule has 170 valence electrons. The average Bonchev–Trinajstić information content (AvgIpc) is 3.56. The number of quaternary nitrogens is 1. The SMILES string of the molecule is NC(=O)[C@@H]1CCC[N+]1(C(=O)c1ccccc1Cc1ccccc1)c1ccccc1-n1cccc1. The number of aromatic nitrogens is 1. The summed E-state index contributed by atoms with van der Waals surface area (Å²) in [6.45, 7) is 0.532. The van der Waals surface area contributed by atoms with Crippen molar-refractivity contribution in [1.29, 1.82) is 0 Å². The molecule has 1 aromatic heterocycles. The lowest BCUT2D eigenvalue weighted by Crippen LogP contribution is -2.62. The molecule has 5 rings (SSSR count). The molecule has 0 radical (unpaired) electrons. The number of nitrogens with two attached hydrogens (primary N) is 1. The van der Waals surface area contributed by atoms with Crippen LogP contribution in [0.25, 0.3) is 5.69 Å². The zero-order valence-electron chi connectivity index (χ0n) is 19.0. The van der Waals surface area contributed by atoms with Gasteiger partial charge in [-0.1, -0.05) is 60.7 Å². The van der Waals surface area contributed by atoms with Gasteiger partial charge in [0.05, 0.1) is 12.1 Å². The molecule has 5 heteroatoms. The molecule has 1 aliphatic heterocycles. The van der Waals surface area contributed by atoms with Gasteiger partial charge < -0.3 is 10.3 Å². The number of carbonyl (C=O) groups is 2. The molecule has 2 atom stereocenters. The highest BCUT2D eigenvalue weighted by molar-refractivity contribution is 6.08. The molecule has 34 heavy (non-hydrogen) atoms. The minimum Gasteiger partial charge on any atom is -0.364 e. The number of hydrogen-bond donors (Lipinski definition) is 1. The summed E-state index contributed by atoms with van der Waals surface area (Å²) in [5.74, 6) is -0.513. The molecule has 1 unspecified atom stereocenters. The molecule has 2 heterocycles. The Morgan fingerprint density at radius 3 is 2.29 bits per heavy atom. The molecule has 5 nitrogen and oxygen atoms in total. The van der Waals surface area contributed by atoms with Crippen LogP contribution in [0.5, 0.6) is 0 Å². The number of likely N-dealkylation sites (tertiary alicyclic amines) is 1. The van der Waals surface area contributed by atoms with Gasteiger partial charge in [0.1, 0.15) is 5.69 Å². The topological polar surface area (TPSA) is 65.1 Å². The molecule has 1 aliphatic rings. The second-order valence-corrected chi connectivity index (χ2v) is 8.86. The summed E-state index contributed by atoms with van der Waals surface area (Å²) in [5, 5.41) is 0. The quantitative estimate of drug-likeness (QED) is 0.426.